The number of rotatable bonds is 6. The van der Waals surface area contributed by atoms with Crippen LogP contribution < -0.4 is 0 Å². The summed E-state index contributed by atoms with van der Waals surface area (Å²) in [4.78, 5) is 2.24. The van der Waals surface area contributed by atoms with Gasteiger partial charge in [0.1, 0.15) is 0 Å². The van der Waals surface area contributed by atoms with Gasteiger partial charge in [0.15, 0.2) is 0 Å². The summed E-state index contributed by atoms with van der Waals surface area (Å²) < 4.78 is 1.85. The lowest BCUT2D eigenvalue weighted by Crippen LogP contribution is -2.32. The topological polar surface area (TPSA) is 44.9 Å². The lowest BCUT2D eigenvalue weighted by molar-refractivity contribution is 0.212. The highest BCUT2D eigenvalue weighted by atomic mass is 35.5. The molecule has 0 N–H and O–H groups in total. The molecule has 0 aliphatic heterocycles. The summed E-state index contributed by atoms with van der Waals surface area (Å²) in [6.07, 6.45) is 1.38. The molecule has 0 bridgehead atoms. The molecule has 1 aromatic heterocycles. The second-order valence-corrected chi connectivity index (χ2v) is 5.03. The van der Waals surface area contributed by atoms with E-state index in [0.29, 0.717) is 12.5 Å². The molecule has 0 unspecified atom stereocenters. The van der Waals surface area contributed by atoms with Crippen molar-refractivity contribution in [1.82, 2.24) is 14.7 Å². The van der Waals surface area contributed by atoms with Gasteiger partial charge in [-0.25, -0.2) is 0 Å². The Labute approximate surface area is 114 Å². The van der Waals surface area contributed by atoms with Crippen molar-refractivity contribution in [2.75, 3.05) is 6.54 Å². The molecule has 0 radical (unpaired) electrons. The molecular formula is C13H21ClN4. The summed E-state index contributed by atoms with van der Waals surface area (Å²) >= 11 is 6.34. The minimum atomic E-state index is 0.384. The van der Waals surface area contributed by atoms with E-state index in [0.717, 1.165) is 35.9 Å². The number of hydrogen-bond donors (Lipinski definition) is 0. The van der Waals surface area contributed by atoms with Crippen LogP contribution >= 0.6 is 11.6 Å². The van der Waals surface area contributed by atoms with Gasteiger partial charge in [-0.2, -0.15) is 10.4 Å². The van der Waals surface area contributed by atoms with Gasteiger partial charge in [0, 0.05) is 32.6 Å². The molecule has 18 heavy (non-hydrogen) atoms. The first-order valence-electron chi connectivity index (χ1n) is 6.32. The fourth-order valence-electron chi connectivity index (χ4n) is 1.90. The summed E-state index contributed by atoms with van der Waals surface area (Å²) in [7, 11) is 1.92. The van der Waals surface area contributed by atoms with Crippen LogP contribution in [0.25, 0.3) is 0 Å². The first-order valence-corrected chi connectivity index (χ1v) is 6.70. The van der Waals surface area contributed by atoms with Crippen LogP contribution in [-0.4, -0.2) is 27.3 Å². The lowest BCUT2D eigenvalue weighted by Gasteiger charge is -2.25. The Bertz CT molecular complexity index is 431. The van der Waals surface area contributed by atoms with E-state index in [2.05, 4.69) is 29.9 Å². The van der Waals surface area contributed by atoms with E-state index < -0.39 is 0 Å². The number of nitriles is 1. The van der Waals surface area contributed by atoms with Gasteiger partial charge >= 0.3 is 0 Å². The van der Waals surface area contributed by atoms with Crippen molar-refractivity contribution in [3.05, 3.63) is 16.4 Å². The summed E-state index contributed by atoms with van der Waals surface area (Å²) in [5.74, 6) is 0. The van der Waals surface area contributed by atoms with E-state index in [1.54, 1.807) is 0 Å². The fraction of sp³-hybridized carbons (Fsp3) is 0.692. The Kier molecular flexibility index (Phi) is 5.64. The average Bonchev–Trinajstić information content (AvgIpc) is 2.60. The highest BCUT2D eigenvalue weighted by Gasteiger charge is 2.17. The zero-order valence-electron chi connectivity index (χ0n) is 11.6. The lowest BCUT2D eigenvalue weighted by atomic mass is 10.2. The van der Waals surface area contributed by atoms with Gasteiger partial charge in [0.05, 0.1) is 22.5 Å². The molecule has 100 valence electrons. The standard InChI is InChI=1S/C13H21ClN4/c1-5-11-13(14)12(17(4)16-11)9-18(10(2)3)8-6-7-15/h10H,5-6,8-9H2,1-4H3. The van der Waals surface area contributed by atoms with Crippen molar-refractivity contribution in [1.29, 1.82) is 5.26 Å². The van der Waals surface area contributed by atoms with Crippen LogP contribution in [-0.2, 0) is 20.0 Å². The molecule has 0 spiro atoms. The third kappa shape index (κ3) is 3.47. The predicted molar refractivity (Wildman–Crippen MR) is 73.4 cm³/mol. The van der Waals surface area contributed by atoms with Gasteiger partial charge in [-0.3, -0.25) is 9.58 Å². The van der Waals surface area contributed by atoms with Gasteiger partial charge in [0.2, 0.25) is 0 Å². The smallest absolute Gasteiger partial charge is 0.0863 e. The van der Waals surface area contributed by atoms with Crippen LogP contribution in [0.5, 0.6) is 0 Å². The minimum absolute atomic E-state index is 0.384. The second kappa shape index (κ2) is 6.77. The quantitative estimate of drug-likeness (QED) is 0.797. The molecule has 0 saturated carbocycles. The Morgan fingerprint density at radius 1 is 1.50 bits per heavy atom. The highest BCUT2D eigenvalue weighted by Crippen LogP contribution is 2.22. The number of halogens is 1. The summed E-state index contributed by atoms with van der Waals surface area (Å²) in [6.45, 7) is 7.80. The van der Waals surface area contributed by atoms with Gasteiger partial charge < -0.3 is 0 Å². The Morgan fingerprint density at radius 2 is 2.17 bits per heavy atom. The van der Waals surface area contributed by atoms with Crippen molar-refractivity contribution in [2.45, 2.75) is 46.2 Å². The van der Waals surface area contributed by atoms with Crippen molar-refractivity contribution in [3.8, 4) is 6.07 Å². The van der Waals surface area contributed by atoms with Gasteiger partial charge in [-0.15, -0.1) is 0 Å². The second-order valence-electron chi connectivity index (χ2n) is 4.66. The van der Waals surface area contributed by atoms with Crippen molar-refractivity contribution in [3.63, 3.8) is 0 Å². The molecule has 0 aromatic carbocycles. The predicted octanol–water partition coefficient (Wildman–Crippen LogP) is 2.76. The van der Waals surface area contributed by atoms with Crippen molar-refractivity contribution in [2.24, 2.45) is 7.05 Å². The SMILES string of the molecule is CCc1nn(C)c(CN(CCC#N)C(C)C)c1Cl. The molecule has 0 amide bonds. The van der Waals surface area contributed by atoms with E-state index >= 15 is 0 Å². The molecule has 1 rings (SSSR count). The Balaban J connectivity index is 2.87. The third-order valence-corrected chi connectivity index (χ3v) is 3.53. The Morgan fingerprint density at radius 3 is 2.61 bits per heavy atom. The van der Waals surface area contributed by atoms with E-state index in [4.69, 9.17) is 16.9 Å². The minimum Gasteiger partial charge on any atom is -0.294 e. The van der Waals surface area contributed by atoms with Crippen LogP contribution in [0.15, 0.2) is 0 Å². The van der Waals surface area contributed by atoms with Crippen molar-refractivity contribution < 1.29 is 0 Å². The molecule has 0 aliphatic rings. The molecule has 1 aromatic rings. The van der Waals surface area contributed by atoms with Gasteiger partial charge in [-0.05, 0) is 20.3 Å². The largest absolute Gasteiger partial charge is 0.294 e. The molecule has 0 aliphatic carbocycles. The zero-order valence-corrected chi connectivity index (χ0v) is 12.3. The fourth-order valence-corrected chi connectivity index (χ4v) is 2.25. The third-order valence-electron chi connectivity index (χ3n) is 3.10. The van der Waals surface area contributed by atoms with E-state index in [9.17, 15) is 0 Å². The molecule has 5 heteroatoms. The monoisotopic (exact) mass is 268 g/mol. The number of hydrogen-bond acceptors (Lipinski definition) is 3. The summed E-state index contributed by atoms with van der Waals surface area (Å²) in [5, 5.41) is 13.9. The van der Waals surface area contributed by atoms with E-state index in [1.807, 2.05) is 18.7 Å². The molecule has 1 heterocycles. The summed E-state index contributed by atoms with van der Waals surface area (Å²) in [6, 6.07) is 2.57. The van der Waals surface area contributed by atoms with E-state index in [-0.39, 0.29) is 0 Å². The molecule has 0 fully saturated rings. The van der Waals surface area contributed by atoms with Crippen LogP contribution in [0, 0.1) is 11.3 Å². The van der Waals surface area contributed by atoms with Gasteiger partial charge in [0.25, 0.3) is 0 Å². The highest BCUT2D eigenvalue weighted by molar-refractivity contribution is 6.31. The average molecular weight is 269 g/mol. The van der Waals surface area contributed by atoms with E-state index in [1.165, 1.54) is 0 Å². The summed E-state index contributed by atoms with van der Waals surface area (Å²) in [5.41, 5.74) is 1.97. The zero-order chi connectivity index (χ0) is 13.7. The first kappa shape index (κ1) is 15.0. The van der Waals surface area contributed by atoms with Crippen LogP contribution in [0.1, 0.15) is 38.6 Å². The maximum Gasteiger partial charge on any atom is 0.0863 e. The Hall–Kier alpha value is -1.05. The molecular weight excluding hydrogens is 248 g/mol. The normalized spacial score (nSPS) is 11.2. The number of aromatic nitrogens is 2. The van der Waals surface area contributed by atoms with Crippen LogP contribution in [0.3, 0.4) is 0 Å². The number of nitrogens with zero attached hydrogens (tertiary/aromatic N) is 4. The van der Waals surface area contributed by atoms with Crippen LogP contribution in [0.4, 0.5) is 0 Å². The molecule has 4 nitrogen and oxygen atoms in total. The maximum atomic E-state index is 8.69. The number of aryl methyl sites for hydroxylation is 2. The van der Waals surface area contributed by atoms with Crippen LogP contribution in [0.2, 0.25) is 5.02 Å². The first-order chi connectivity index (χ1) is 8.51. The molecule has 0 atom stereocenters. The van der Waals surface area contributed by atoms with Crippen molar-refractivity contribution >= 4 is 11.6 Å². The maximum absolute atomic E-state index is 8.69. The van der Waals surface area contributed by atoms with Gasteiger partial charge in [-0.1, -0.05) is 18.5 Å². The molecule has 0 saturated heterocycles.